The number of aromatic amines is 1. The zero-order chi connectivity index (χ0) is 28.2. The Hall–Kier alpha value is -5.64. The van der Waals surface area contributed by atoms with Crippen LogP contribution in [0.2, 0.25) is 0 Å². The molecular formula is C27H20F2N10O. The Morgan fingerprint density at radius 1 is 1.02 bits per heavy atom. The fourth-order valence-electron chi connectivity index (χ4n) is 3.83. The molecule has 0 aliphatic rings. The van der Waals surface area contributed by atoms with Gasteiger partial charge in [-0.3, -0.25) is 14.9 Å². The summed E-state index contributed by atoms with van der Waals surface area (Å²) in [5.41, 5.74) is 3.18. The predicted molar refractivity (Wildman–Crippen MR) is 140 cm³/mol. The highest BCUT2D eigenvalue weighted by Gasteiger charge is 2.17. The first-order valence-electron chi connectivity index (χ1n) is 11.9. The number of H-pyrrole nitrogens is 1. The Morgan fingerprint density at radius 2 is 1.88 bits per heavy atom. The summed E-state index contributed by atoms with van der Waals surface area (Å²) in [6.07, 6.45) is 2.88. The van der Waals surface area contributed by atoms with Crippen molar-refractivity contribution in [2.45, 2.75) is 20.4 Å². The van der Waals surface area contributed by atoms with Gasteiger partial charge in [0.15, 0.2) is 23.0 Å². The Labute approximate surface area is 226 Å². The molecule has 11 nitrogen and oxygen atoms in total. The van der Waals surface area contributed by atoms with Crippen molar-refractivity contribution in [3.63, 3.8) is 0 Å². The summed E-state index contributed by atoms with van der Waals surface area (Å²) in [5, 5.41) is 21.0. The molecule has 0 spiro atoms. The van der Waals surface area contributed by atoms with Crippen molar-refractivity contribution in [3.8, 4) is 28.7 Å². The van der Waals surface area contributed by atoms with E-state index in [1.807, 2.05) is 6.07 Å². The molecule has 198 valence electrons. The lowest BCUT2D eigenvalue weighted by Gasteiger charge is -2.09. The third kappa shape index (κ3) is 5.76. The maximum Gasteiger partial charge on any atom is 0.273 e. The van der Waals surface area contributed by atoms with Gasteiger partial charge >= 0.3 is 0 Å². The molecule has 0 saturated heterocycles. The van der Waals surface area contributed by atoms with Crippen molar-refractivity contribution in [1.29, 1.82) is 5.26 Å². The minimum atomic E-state index is -0.838. The molecule has 5 rings (SSSR count). The molecule has 5 aromatic rings. The number of nitriles is 1. The number of carbonyl (C=O) groups excluding carboxylic acids is 1. The van der Waals surface area contributed by atoms with E-state index in [2.05, 4.69) is 45.8 Å². The highest BCUT2D eigenvalue weighted by Crippen LogP contribution is 2.22. The first-order chi connectivity index (χ1) is 19.3. The van der Waals surface area contributed by atoms with Crippen molar-refractivity contribution in [2.24, 2.45) is 0 Å². The van der Waals surface area contributed by atoms with Crippen LogP contribution in [0.4, 0.5) is 20.4 Å². The van der Waals surface area contributed by atoms with Gasteiger partial charge in [-0.1, -0.05) is 6.07 Å². The third-order valence-electron chi connectivity index (χ3n) is 5.73. The summed E-state index contributed by atoms with van der Waals surface area (Å²) in [6, 6.07) is 12.6. The second-order valence-electron chi connectivity index (χ2n) is 8.68. The molecule has 13 heteroatoms. The highest BCUT2D eigenvalue weighted by molar-refractivity contribution is 5.92. The molecule has 5 aromatic heterocycles. The predicted octanol–water partition coefficient (Wildman–Crippen LogP) is 4.16. The molecule has 0 bridgehead atoms. The number of rotatable bonds is 7. The van der Waals surface area contributed by atoms with Gasteiger partial charge in [0, 0.05) is 53.6 Å². The minimum absolute atomic E-state index is 0.0901. The molecule has 0 unspecified atom stereocenters. The van der Waals surface area contributed by atoms with Crippen LogP contribution in [0.5, 0.6) is 0 Å². The maximum absolute atomic E-state index is 14.9. The topological polar surface area (TPSA) is 158 Å². The van der Waals surface area contributed by atoms with Gasteiger partial charge in [-0.25, -0.2) is 24.3 Å². The van der Waals surface area contributed by atoms with Crippen molar-refractivity contribution in [3.05, 3.63) is 95.0 Å². The van der Waals surface area contributed by atoms with Crippen molar-refractivity contribution in [2.75, 3.05) is 5.32 Å². The van der Waals surface area contributed by atoms with Crippen LogP contribution >= 0.6 is 0 Å². The Balaban J connectivity index is 1.26. The van der Waals surface area contributed by atoms with E-state index < -0.39 is 17.7 Å². The highest BCUT2D eigenvalue weighted by atomic mass is 19.1. The summed E-state index contributed by atoms with van der Waals surface area (Å²) in [6.45, 7) is 3.52. The van der Waals surface area contributed by atoms with Gasteiger partial charge < -0.3 is 10.6 Å². The number of hydrogen-bond acceptors (Lipinski definition) is 9. The summed E-state index contributed by atoms with van der Waals surface area (Å²) < 4.78 is 28.2. The maximum atomic E-state index is 14.9. The standard InChI is InChI=1S/C27H20F2N10O/c1-14-7-23(36-24-9-18(10-30)38-39-24)37-26(34-14)17-8-20(28)25(32-13-17)27(40)33-12-16-3-5-21(31-11-16)19-4-6-22(29)35-15(19)2/h3-9,11,13H,12H2,1-2H3,(H,33,40)(H2,34,36,37,38,39). The molecular weight excluding hydrogens is 518 g/mol. The Kier molecular flexibility index (Phi) is 7.14. The molecule has 0 aromatic carbocycles. The van der Waals surface area contributed by atoms with Crippen molar-refractivity contribution in [1.82, 2.24) is 40.4 Å². The van der Waals surface area contributed by atoms with Gasteiger partial charge in [0.1, 0.15) is 17.7 Å². The van der Waals surface area contributed by atoms with E-state index in [0.717, 1.165) is 6.07 Å². The third-order valence-corrected chi connectivity index (χ3v) is 5.73. The van der Waals surface area contributed by atoms with Crippen LogP contribution in [0.15, 0.2) is 54.9 Å². The molecule has 0 fully saturated rings. The largest absolute Gasteiger partial charge is 0.346 e. The lowest BCUT2D eigenvalue weighted by atomic mass is 10.1. The molecule has 0 aliphatic heterocycles. The number of aromatic nitrogens is 7. The SMILES string of the molecule is Cc1cc(Nc2cc(C#N)n[nH]2)nc(-c2cnc(C(=O)NCc3ccc(-c4ccc(F)nc4C)nc3)c(F)c2)n1. The molecule has 0 saturated carbocycles. The lowest BCUT2D eigenvalue weighted by Crippen LogP contribution is -2.25. The number of pyridine rings is 3. The number of carbonyl (C=O) groups is 1. The average Bonchev–Trinajstić information content (AvgIpc) is 3.39. The van der Waals surface area contributed by atoms with Gasteiger partial charge in [-0.05, 0) is 43.7 Å². The zero-order valence-electron chi connectivity index (χ0n) is 21.2. The fourth-order valence-corrected chi connectivity index (χ4v) is 3.83. The van der Waals surface area contributed by atoms with E-state index in [1.165, 1.54) is 18.3 Å². The number of halogens is 2. The van der Waals surface area contributed by atoms with E-state index in [1.54, 1.807) is 44.3 Å². The van der Waals surface area contributed by atoms with Crippen LogP contribution in [-0.2, 0) is 6.54 Å². The van der Waals surface area contributed by atoms with Gasteiger partial charge in [0.2, 0.25) is 5.95 Å². The normalized spacial score (nSPS) is 10.7. The summed E-state index contributed by atoms with van der Waals surface area (Å²) in [7, 11) is 0. The van der Waals surface area contributed by atoms with Crippen molar-refractivity contribution < 1.29 is 13.6 Å². The Morgan fingerprint density at radius 3 is 2.58 bits per heavy atom. The van der Waals surface area contributed by atoms with Gasteiger partial charge in [0.25, 0.3) is 5.91 Å². The number of nitrogens with zero attached hydrogens (tertiary/aromatic N) is 7. The first-order valence-corrected chi connectivity index (χ1v) is 11.9. The second kappa shape index (κ2) is 11.0. The molecule has 40 heavy (non-hydrogen) atoms. The molecule has 1 amide bonds. The number of nitrogens with one attached hydrogen (secondary N) is 3. The molecule has 0 aliphatic carbocycles. The second-order valence-corrected chi connectivity index (χ2v) is 8.68. The average molecular weight is 539 g/mol. The molecule has 5 heterocycles. The fraction of sp³-hybridized carbons (Fsp3) is 0.111. The molecule has 0 radical (unpaired) electrons. The van der Waals surface area contributed by atoms with Gasteiger partial charge in [-0.15, -0.1) is 0 Å². The van der Waals surface area contributed by atoms with E-state index in [4.69, 9.17) is 5.26 Å². The van der Waals surface area contributed by atoms with Crippen LogP contribution in [0, 0.1) is 36.9 Å². The number of anilines is 2. The zero-order valence-corrected chi connectivity index (χ0v) is 21.2. The minimum Gasteiger partial charge on any atom is -0.346 e. The first kappa shape index (κ1) is 26.0. The van der Waals surface area contributed by atoms with Gasteiger partial charge in [-0.2, -0.15) is 14.8 Å². The van der Waals surface area contributed by atoms with Crippen LogP contribution in [0.3, 0.4) is 0 Å². The van der Waals surface area contributed by atoms with Crippen LogP contribution in [-0.4, -0.2) is 41.0 Å². The van der Waals surface area contributed by atoms with Crippen LogP contribution < -0.4 is 10.6 Å². The van der Waals surface area contributed by atoms with E-state index in [0.29, 0.717) is 39.8 Å². The number of amides is 1. The monoisotopic (exact) mass is 538 g/mol. The van der Waals surface area contributed by atoms with E-state index in [-0.39, 0.29) is 29.3 Å². The van der Waals surface area contributed by atoms with Crippen molar-refractivity contribution >= 4 is 17.5 Å². The summed E-state index contributed by atoms with van der Waals surface area (Å²) in [4.78, 5) is 33.5. The van der Waals surface area contributed by atoms with E-state index >= 15 is 0 Å². The summed E-state index contributed by atoms with van der Waals surface area (Å²) >= 11 is 0. The van der Waals surface area contributed by atoms with E-state index in [9.17, 15) is 13.6 Å². The Bertz CT molecular complexity index is 1760. The van der Waals surface area contributed by atoms with Gasteiger partial charge in [0.05, 0.1) is 5.69 Å². The molecule has 3 N–H and O–H groups in total. The van der Waals surface area contributed by atoms with Crippen LogP contribution in [0.1, 0.15) is 33.1 Å². The lowest BCUT2D eigenvalue weighted by molar-refractivity contribution is 0.0941. The van der Waals surface area contributed by atoms with Crippen LogP contribution in [0.25, 0.3) is 22.6 Å². The summed E-state index contributed by atoms with van der Waals surface area (Å²) in [5.74, 6) is -1.07. The smallest absolute Gasteiger partial charge is 0.273 e. The quantitative estimate of drug-likeness (QED) is 0.259. The molecule has 0 atom stereocenters. The number of hydrogen-bond donors (Lipinski definition) is 3. The number of aryl methyl sites for hydroxylation is 2.